The fraction of sp³-hybridized carbons (Fsp3) is 0.500. The fourth-order valence-electron chi connectivity index (χ4n) is 1.40. The SMILES string of the molecule is COCCNCC(C)c1ccc(Cl)cc1. The zero-order valence-electron chi connectivity index (χ0n) is 9.29. The van der Waals surface area contributed by atoms with E-state index in [-0.39, 0.29) is 0 Å². The molecule has 2 nitrogen and oxygen atoms in total. The van der Waals surface area contributed by atoms with E-state index in [1.54, 1.807) is 7.11 Å². The van der Waals surface area contributed by atoms with E-state index in [2.05, 4.69) is 24.4 Å². The minimum Gasteiger partial charge on any atom is -0.383 e. The molecule has 1 aromatic carbocycles. The predicted molar refractivity (Wildman–Crippen MR) is 64.6 cm³/mol. The second-order valence-corrected chi connectivity index (χ2v) is 4.09. The lowest BCUT2D eigenvalue weighted by atomic mass is 10.0. The maximum absolute atomic E-state index is 5.83. The van der Waals surface area contributed by atoms with Crippen LogP contribution >= 0.6 is 11.6 Å². The lowest BCUT2D eigenvalue weighted by Gasteiger charge is -2.12. The third-order valence-electron chi connectivity index (χ3n) is 2.37. The molecule has 0 amide bonds. The van der Waals surface area contributed by atoms with E-state index < -0.39 is 0 Å². The second kappa shape index (κ2) is 6.83. The normalized spacial score (nSPS) is 12.7. The van der Waals surface area contributed by atoms with E-state index in [0.29, 0.717) is 5.92 Å². The van der Waals surface area contributed by atoms with Gasteiger partial charge in [0.25, 0.3) is 0 Å². The van der Waals surface area contributed by atoms with Gasteiger partial charge in [-0.2, -0.15) is 0 Å². The molecule has 0 saturated heterocycles. The molecule has 1 rings (SSSR count). The Labute approximate surface area is 96.6 Å². The van der Waals surface area contributed by atoms with E-state index in [0.717, 1.165) is 24.7 Å². The number of hydrogen-bond acceptors (Lipinski definition) is 2. The average molecular weight is 228 g/mol. The second-order valence-electron chi connectivity index (χ2n) is 3.65. The van der Waals surface area contributed by atoms with Gasteiger partial charge in [0.15, 0.2) is 0 Å². The van der Waals surface area contributed by atoms with Gasteiger partial charge in [0.2, 0.25) is 0 Å². The molecule has 1 N–H and O–H groups in total. The maximum atomic E-state index is 5.83. The number of rotatable bonds is 6. The molecular weight excluding hydrogens is 210 g/mol. The van der Waals surface area contributed by atoms with Crippen LogP contribution < -0.4 is 5.32 Å². The number of ether oxygens (including phenoxy) is 1. The molecule has 0 radical (unpaired) electrons. The summed E-state index contributed by atoms with van der Waals surface area (Å²) in [6.07, 6.45) is 0. The molecule has 0 aliphatic heterocycles. The molecular formula is C12H18ClNO. The van der Waals surface area contributed by atoms with Crippen LogP contribution in [-0.2, 0) is 4.74 Å². The highest BCUT2D eigenvalue weighted by molar-refractivity contribution is 6.30. The van der Waals surface area contributed by atoms with E-state index in [4.69, 9.17) is 16.3 Å². The highest BCUT2D eigenvalue weighted by Gasteiger charge is 2.04. The van der Waals surface area contributed by atoms with Crippen molar-refractivity contribution in [2.24, 2.45) is 0 Å². The summed E-state index contributed by atoms with van der Waals surface area (Å²) in [6.45, 7) is 4.82. The predicted octanol–water partition coefficient (Wildman–Crippen LogP) is 2.68. The Balaban J connectivity index is 2.33. The summed E-state index contributed by atoms with van der Waals surface area (Å²) in [5.74, 6) is 0.499. The number of nitrogens with one attached hydrogen (secondary N) is 1. The van der Waals surface area contributed by atoms with Crippen LogP contribution in [-0.4, -0.2) is 26.8 Å². The van der Waals surface area contributed by atoms with Gasteiger partial charge in [-0.25, -0.2) is 0 Å². The van der Waals surface area contributed by atoms with Crippen LogP contribution in [0.1, 0.15) is 18.4 Å². The lowest BCUT2D eigenvalue weighted by molar-refractivity contribution is 0.199. The molecule has 84 valence electrons. The molecule has 0 bridgehead atoms. The minimum absolute atomic E-state index is 0.499. The van der Waals surface area contributed by atoms with Gasteiger partial charge in [-0.15, -0.1) is 0 Å². The molecule has 0 spiro atoms. The standard InChI is InChI=1S/C12H18ClNO/c1-10(9-14-7-8-15-2)11-3-5-12(13)6-4-11/h3-6,10,14H,7-9H2,1-2H3. The Morgan fingerprint density at radius 3 is 2.60 bits per heavy atom. The van der Waals surface area contributed by atoms with Crippen LogP contribution in [0.25, 0.3) is 0 Å². The molecule has 1 aromatic rings. The largest absolute Gasteiger partial charge is 0.383 e. The van der Waals surface area contributed by atoms with Gasteiger partial charge in [-0.1, -0.05) is 30.7 Å². The Hall–Kier alpha value is -0.570. The Morgan fingerprint density at radius 1 is 1.33 bits per heavy atom. The summed E-state index contributed by atoms with van der Waals surface area (Å²) in [7, 11) is 1.71. The van der Waals surface area contributed by atoms with E-state index >= 15 is 0 Å². The van der Waals surface area contributed by atoms with E-state index in [9.17, 15) is 0 Å². The Bertz CT molecular complexity index is 273. The van der Waals surface area contributed by atoms with Crippen molar-refractivity contribution in [3.05, 3.63) is 34.9 Å². The minimum atomic E-state index is 0.499. The number of hydrogen-bond donors (Lipinski definition) is 1. The molecule has 0 aliphatic carbocycles. The third kappa shape index (κ3) is 4.65. The zero-order valence-corrected chi connectivity index (χ0v) is 10.1. The molecule has 0 aliphatic rings. The first-order chi connectivity index (χ1) is 7.24. The fourth-order valence-corrected chi connectivity index (χ4v) is 1.53. The van der Waals surface area contributed by atoms with Crippen LogP contribution in [0.15, 0.2) is 24.3 Å². The molecule has 0 aromatic heterocycles. The summed E-state index contributed by atoms with van der Waals surface area (Å²) in [5.41, 5.74) is 1.31. The van der Waals surface area contributed by atoms with Crippen LogP contribution in [0.2, 0.25) is 5.02 Å². The van der Waals surface area contributed by atoms with Gasteiger partial charge in [-0.05, 0) is 23.6 Å². The third-order valence-corrected chi connectivity index (χ3v) is 2.62. The van der Waals surface area contributed by atoms with Gasteiger partial charge >= 0.3 is 0 Å². The molecule has 3 heteroatoms. The van der Waals surface area contributed by atoms with Crippen molar-refractivity contribution in [3.8, 4) is 0 Å². The zero-order chi connectivity index (χ0) is 11.1. The molecule has 15 heavy (non-hydrogen) atoms. The van der Waals surface area contributed by atoms with Crippen molar-refractivity contribution < 1.29 is 4.74 Å². The van der Waals surface area contributed by atoms with Gasteiger partial charge in [0, 0.05) is 25.2 Å². The molecule has 0 saturated carbocycles. The van der Waals surface area contributed by atoms with Crippen molar-refractivity contribution in [1.82, 2.24) is 5.32 Å². The van der Waals surface area contributed by atoms with Crippen molar-refractivity contribution >= 4 is 11.6 Å². The summed E-state index contributed by atoms with van der Waals surface area (Å²) in [4.78, 5) is 0. The van der Waals surface area contributed by atoms with Gasteiger partial charge in [0.05, 0.1) is 6.61 Å². The van der Waals surface area contributed by atoms with Crippen LogP contribution in [0.3, 0.4) is 0 Å². The van der Waals surface area contributed by atoms with Crippen molar-refractivity contribution in [3.63, 3.8) is 0 Å². The lowest BCUT2D eigenvalue weighted by Crippen LogP contribution is -2.23. The van der Waals surface area contributed by atoms with Crippen LogP contribution in [0.4, 0.5) is 0 Å². The maximum Gasteiger partial charge on any atom is 0.0587 e. The van der Waals surface area contributed by atoms with Gasteiger partial charge < -0.3 is 10.1 Å². The monoisotopic (exact) mass is 227 g/mol. The van der Waals surface area contributed by atoms with E-state index in [1.165, 1.54) is 5.56 Å². The Morgan fingerprint density at radius 2 is 2.00 bits per heavy atom. The summed E-state index contributed by atoms with van der Waals surface area (Å²) < 4.78 is 4.97. The summed E-state index contributed by atoms with van der Waals surface area (Å²) in [5, 5.41) is 4.13. The van der Waals surface area contributed by atoms with Gasteiger partial charge in [-0.3, -0.25) is 0 Å². The summed E-state index contributed by atoms with van der Waals surface area (Å²) >= 11 is 5.83. The van der Waals surface area contributed by atoms with Crippen molar-refractivity contribution in [2.45, 2.75) is 12.8 Å². The highest BCUT2D eigenvalue weighted by atomic mass is 35.5. The number of benzene rings is 1. The Kier molecular flexibility index (Phi) is 5.69. The number of methoxy groups -OCH3 is 1. The topological polar surface area (TPSA) is 21.3 Å². The van der Waals surface area contributed by atoms with Crippen molar-refractivity contribution in [1.29, 1.82) is 0 Å². The first-order valence-electron chi connectivity index (χ1n) is 5.19. The highest BCUT2D eigenvalue weighted by Crippen LogP contribution is 2.17. The van der Waals surface area contributed by atoms with Gasteiger partial charge in [0.1, 0.15) is 0 Å². The summed E-state index contributed by atoms with van der Waals surface area (Å²) in [6, 6.07) is 8.01. The molecule has 0 fully saturated rings. The van der Waals surface area contributed by atoms with Crippen molar-refractivity contribution in [2.75, 3.05) is 26.8 Å². The first kappa shape index (κ1) is 12.5. The molecule has 1 unspecified atom stereocenters. The first-order valence-corrected chi connectivity index (χ1v) is 5.57. The number of halogens is 1. The van der Waals surface area contributed by atoms with Crippen LogP contribution in [0.5, 0.6) is 0 Å². The average Bonchev–Trinajstić information content (AvgIpc) is 2.25. The van der Waals surface area contributed by atoms with Crippen LogP contribution in [0, 0.1) is 0 Å². The van der Waals surface area contributed by atoms with E-state index in [1.807, 2.05) is 12.1 Å². The molecule has 1 atom stereocenters. The molecule has 0 heterocycles. The quantitative estimate of drug-likeness (QED) is 0.755. The smallest absolute Gasteiger partial charge is 0.0587 e.